The van der Waals surface area contributed by atoms with E-state index in [1.54, 1.807) is 11.3 Å². The summed E-state index contributed by atoms with van der Waals surface area (Å²) < 4.78 is 1.26. The highest BCUT2D eigenvalue weighted by atomic mass is 32.1. The molecule has 1 aromatic heterocycles. The smallest absolute Gasteiger partial charge is 0.183 e. The van der Waals surface area contributed by atoms with Crippen molar-refractivity contribution >= 4 is 26.7 Å². The van der Waals surface area contributed by atoms with Gasteiger partial charge in [-0.25, -0.2) is 4.98 Å². The van der Waals surface area contributed by atoms with Gasteiger partial charge in [0.25, 0.3) is 0 Å². The van der Waals surface area contributed by atoms with Crippen LogP contribution in [0.3, 0.4) is 0 Å². The van der Waals surface area contributed by atoms with Crippen molar-refractivity contribution in [2.45, 2.75) is 33.2 Å². The van der Waals surface area contributed by atoms with Gasteiger partial charge in [-0.1, -0.05) is 24.3 Å². The summed E-state index contributed by atoms with van der Waals surface area (Å²) in [4.78, 5) is 4.55. The summed E-state index contributed by atoms with van der Waals surface area (Å²) in [5.41, 5.74) is 2.39. The first-order chi connectivity index (χ1) is 7.19. The van der Waals surface area contributed by atoms with Crippen LogP contribution in [0.5, 0.6) is 0 Å². The van der Waals surface area contributed by atoms with Crippen molar-refractivity contribution in [1.82, 2.24) is 4.98 Å². The Labute approximate surface area is 94.3 Å². The first kappa shape index (κ1) is 10.4. The second-order valence-electron chi connectivity index (χ2n) is 3.94. The molecule has 80 valence electrons. The molecule has 0 aliphatic heterocycles. The summed E-state index contributed by atoms with van der Waals surface area (Å²) in [6.07, 6.45) is 1.12. The van der Waals surface area contributed by atoms with Crippen LogP contribution in [-0.4, -0.2) is 11.0 Å². The fraction of sp³-hybridized carbons (Fsp3) is 0.417. The number of hydrogen-bond donors (Lipinski definition) is 1. The molecule has 0 saturated carbocycles. The van der Waals surface area contributed by atoms with Gasteiger partial charge in [0.15, 0.2) is 5.13 Å². The third-order valence-corrected chi connectivity index (χ3v) is 3.48. The van der Waals surface area contributed by atoms with Crippen LogP contribution < -0.4 is 5.32 Å². The number of thiazole rings is 1. The van der Waals surface area contributed by atoms with Gasteiger partial charge in [0.05, 0.1) is 10.2 Å². The molecular weight excluding hydrogens is 204 g/mol. The van der Waals surface area contributed by atoms with Gasteiger partial charge >= 0.3 is 0 Å². The molecule has 1 atom stereocenters. The van der Waals surface area contributed by atoms with E-state index in [9.17, 15) is 0 Å². The quantitative estimate of drug-likeness (QED) is 0.850. The van der Waals surface area contributed by atoms with Gasteiger partial charge in [-0.05, 0) is 38.0 Å². The standard InChI is InChI=1S/C12H16N2S/c1-4-9(3)13-12-14-10-6-5-8(2)7-11(10)15-12/h5-7,9H,4H2,1-3H3,(H,13,14)/t9-/m1/s1. The van der Waals surface area contributed by atoms with Gasteiger partial charge in [0.2, 0.25) is 0 Å². The fourth-order valence-corrected chi connectivity index (χ4v) is 2.48. The number of rotatable bonds is 3. The molecule has 0 saturated heterocycles. The van der Waals surface area contributed by atoms with Crippen molar-refractivity contribution in [3.8, 4) is 0 Å². The minimum atomic E-state index is 0.492. The average Bonchev–Trinajstić information content (AvgIpc) is 2.59. The predicted octanol–water partition coefficient (Wildman–Crippen LogP) is 3.82. The Bertz CT molecular complexity index is 462. The lowest BCUT2D eigenvalue weighted by Gasteiger charge is -2.08. The number of aryl methyl sites for hydroxylation is 1. The van der Waals surface area contributed by atoms with Crippen molar-refractivity contribution in [3.63, 3.8) is 0 Å². The van der Waals surface area contributed by atoms with Gasteiger partial charge in [-0.3, -0.25) is 0 Å². The Balaban J connectivity index is 2.30. The maximum Gasteiger partial charge on any atom is 0.183 e. The summed E-state index contributed by atoms with van der Waals surface area (Å²) >= 11 is 1.73. The molecule has 2 aromatic rings. The second-order valence-corrected chi connectivity index (χ2v) is 4.97. The molecule has 15 heavy (non-hydrogen) atoms. The van der Waals surface area contributed by atoms with Crippen molar-refractivity contribution in [2.24, 2.45) is 0 Å². The van der Waals surface area contributed by atoms with E-state index in [4.69, 9.17) is 0 Å². The second kappa shape index (κ2) is 4.19. The summed E-state index contributed by atoms with van der Waals surface area (Å²) in [5, 5.41) is 4.44. The van der Waals surface area contributed by atoms with E-state index in [2.05, 4.69) is 49.3 Å². The Morgan fingerprint density at radius 1 is 1.47 bits per heavy atom. The van der Waals surface area contributed by atoms with Crippen LogP contribution in [0.1, 0.15) is 25.8 Å². The Morgan fingerprint density at radius 2 is 2.27 bits per heavy atom. The maximum atomic E-state index is 4.55. The number of nitrogens with one attached hydrogen (secondary N) is 1. The SMILES string of the molecule is CC[C@@H](C)Nc1nc2ccc(C)cc2s1. The highest BCUT2D eigenvalue weighted by Crippen LogP contribution is 2.27. The van der Waals surface area contributed by atoms with Crippen molar-refractivity contribution < 1.29 is 0 Å². The molecule has 0 amide bonds. The highest BCUT2D eigenvalue weighted by molar-refractivity contribution is 7.22. The van der Waals surface area contributed by atoms with Crippen LogP contribution in [0.25, 0.3) is 10.2 Å². The zero-order chi connectivity index (χ0) is 10.8. The fourth-order valence-electron chi connectivity index (χ4n) is 1.41. The van der Waals surface area contributed by atoms with Crippen molar-refractivity contribution in [1.29, 1.82) is 0 Å². The molecule has 0 radical (unpaired) electrons. The van der Waals surface area contributed by atoms with Gasteiger partial charge in [-0.2, -0.15) is 0 Å². The molecule has 3 heteroatoms. The number of hydrogen-bond acceptors (Lipinski definition) is 3. The van der Waals surface area contributed by atoms with E-state index in [1.165, 1.54) is 10.3 Å². The van der Waals surface area contributed by atoms with Crippen molar-refractivity contribution in [2.75, 3.05) is 5.32 Å². The molecule has 0 spiro atoms. The van der Waals surface area contributed by atoms with Crippen LogP contribution in [-0.2, 0) is 0 Å². The Hall–Kier alpha value is -1.09. The van der Waals surface area contributed by atoms with Crippen molar-refractivity contribution in [3.05, 3.63) is 23.8 Å². The lowest BCUT2D eigenvalue weighted by atomic mass is 10.2. The van der Waals surface area contributed by atoms with E-state index in [-0.39, 0.29) is 0 Å². The third kappa shape index (κ3) is 2.29. The van der Waals surface area contributed by atoms with Crippen LogP contribution >= 0.6 is 11.3 Å². The largest absolute Gasteiger partial charge is 0.359 e. The number of anilines is 1. The Morgan fingerprint density at radius 3 is 3.00 bits per heavy atom. The zero-order valence-electron chi connectivity index (χ0n) is 9.37. The number of benzene rings is 1. The monoisotopic (exact) mass is 220 g/mol. The van der Waals surface area contributed by atoms with Crippen LogP contribution in [0, 0.1) is 6.92 Å². The molecule has 0 bridgehead atoms. The zero-order valence-corrected chi connectivity index (χ0v) is 10.2. The van der Waals surface area contributed by atoms with Gasteiger partial charge in [0.1, 0.15) is 0 Å². The summed E-state index contributed by atoms with van der Waals surface area (Å²) in [7, 11) is 0. The molecular formula is C12H16N2S. The molecule has 0 unspecified atom stereocenters. The molecule has 0 aliphatic carbocycles. The summed E-state index contributed by atoms with van der Waals surface area (Å²) in [6, 6.07) is 6.87. The Kier molecular flexibility index (Phi) is 2.91. The van der Waals surface area contributed by atoms with E-state index in [0.29, 0.717) is 6.04 Å². The lowest BCUT2D eigenvalue weighted by Crippen LogP contribution is -2.12. The third-order valence-electron chi connectivity index (χ3n) is 2.53. The van der Waals surface area contributed by atoms with E-state index >= 15 is 0 Å². The van der Waals surface area contributed by atoms with Crippen LogP contribution in [0.4, 0.5) is 5.13 Å². The van der Waals surface area contributed by atoms with Gasteiger partial charge in [-0.15, -0.1) is 0 Å². The molecule has 2 nitrogen and oxygen atoms in total. The minimum absolute atomic E-state index is 0.492. The minimum Gasteiger partial charge on any atom is -0.359 e. The van der Waals surface area contributed by atoms with E-state index < -0.39 is 0 Å². The normalized spacial score (nSPS) is 13.0. The molecule has 0 aliphatic rings. The maximum absolute atomic E-state index is 4.55. The topological polar surface area (TPSA) is 24.9 Å². The first-order valence-electron chi connectivity index (χ1n) is 5.32. The molecule has 0 fully saturated rings. The summed E-state index contributed by atoms with van der Waals surface area (Å²) in [5.74, 6) is 0. The first-order valence-corrected chi connectivity index (χ1v) is 6.14. The van der Waals surface area contributed by atoms with E-state index in [1.807, 2.05) is 0 Å². The van der Waals surface area contributed by atoms with E-state index in [0.717, 1.165) is 17.1 Å². The van der Waals surface area contributed by atoms with Crippen LogP contribution in [0.2, 0.25) is 0 Å². The number of nitrogens with zero attached hydrogens (tertiary/aromatic N) is 1. The molecule has 1 N–H and O–H groups in total. The van der Waals surface area contributed by atoms with Gasteiger partial charge in [0, 0.05) is 6.04 Å². The summed E-state index contributed by atoms with van der Waals surface area (Å²) in [6.45, 7) is 6.47. The molecule has 2 rings (SSSR count). The molecule has 1 aromatic carbocycles. The predicted molar refractivity (Wildman–Crippen MR) is 67.7 cm³/mol. The van der Waals surface area contributed by atoms with Gasteiger partial charge < -0.3 is 5.32 Å². The lowest BCUT2D eigenvalue weighted by molar-refractivity contribution is 0.763. The molecule has 1 heterocycles. The van der Waals surface area contributed by atoms with Crippen LogP contribution in [0.15, 0.2) is 18.2 Å². The highest BCUT2D eigenvalue weighted by Gasteiger charge is 2.05. The average molecular weight is 220 g/mol. The number of aromatic nitrogens is 1. The number of fused-ring (bicyclic) bond motifs is 1.